The Balaban J connectivity index is 1.66. The lowest BCUT2D eigenvalue weighted by Gasteiger charge is -2.26. The van der Waals surface area contributed by atoms with Crippen molar-refractivity contribution in [3.05, 3.63) is 109 Å². The van der Waals surface area contributed by atoms with Gasteiger partial charge in [0.1, 0.15) is 17.9 Å². The smallest absolute Gasteiger partial charge is 0.335 e. The number of amides is 4. The standard InChI is InChI=1S/C28H21Br2ClN2O4/c1-3-4-19-12-18(14-24(30)25(19)37-15-17-5-7-20(31)8-6-17)13-22-26(34)32-28(36)33(27(22)35)21-9-10-23(29)16(2)11-21/h3,5-14H,1,4,15H2,2H3,(H,32,34,36)/b22-13+. The van der Waals surface area contributed by atoms with Crippen molar-refractivity contribution in [3.63, 3.8) is 0 Å². The third-order valence-electron chi connectivity index (χ3n) is 5.62. The minimum Gasteiger partial charge on any atom is -0.487 e. The fraction of sp³-hybridized carbons (Fsp3) is 0.107. The molecule has 1 fully saturated rings. The molecule has 1 N–H and O–H groups in total. The highest BCUT2D eigenvalue weighted by Gasteiger charge is 2.37. The lowest BCUT2D eigenvalue weighted by molar-refractivity contribution is -0.122. The van der Waals surface area contributed by atoms with Crippen LogP contribution in [-0.2, 0) is 22.6 Å². The average molecular weight is 645 g/mol. The molecule has 0 spiro atoms. The first-order valence-electron chi connectivity index (χ1n) is 11.2. The number of imide groups is 2. The van der Waals surface area contributed by atoms with E-state index in [1.807, 2.05) is 25.1 Å². The number of anilines is 1. The van der Waals surface area contributed by atoms with Crippen LogP contribution in [0.5, 0.6) is 5.75 Å². The molecule has 37 heavy (non-hydrogen) atoms. The second-order valence-corrected chi connectivity index (χ2v) is 10.4. The van der Waals surface area contributed by atoms with Crippen molar-refractivity contribution in [2.45, 2.75) is 20.0 Å². The van der Waals surface area contributed by atoms with Crippen LogP contribution in [0.25, 0.3) is 6.08 Å². The van der Waals surface area contributed by atoms with Crippen molar-refractivity contribution >= 4 is 73.1 Å². The van der Waals surface area contributed by atoms with Gasteiger partial charge in [-0.3, -0.25) is 14.9 Å². The van der Waals surface area contributed by atoms with Gasteiger partial charge >= 0.3 is 6.03 Å². The van der Waals surface area contributed by atoms with Crippen molar-refractivity contribution in [2.75, 3.05) is 4.90 Å². The van der Waals surface area contributed by atoms with E-state index in [2.05, 4.69) is 43.8 Å². The Morgan fingerprint density at radius 1 is 1.03 bits per heavy atom. The zero-order chi connectivity index (χ0) is 26.7. The lowest BCUT2D eigenvalue weighted by atomic mass is 10.0. The Morgan fingerprint density at radius 3 is 2.43 bits per heavy atom. The van der Waals surface area contributed by atoms with Gasteiger partial charge in [-0.1, -0.05) is 45.7 Å². The van der Waals surface area contributed by atoms with Crippen molar-refractivity contribution < 1.29 is 19.1 Å². The van der Waals surface area contributed by atoms with Gasteiger partial charge in [-0.2, -0.15) is 0 Å². The summed E-state index contributed by atoms with van der Waals surface area (Å²) in [4.78, 5) is 39.4. The molecule has 0 aromatic heterocycles. The number of nitrogens with zero attached hydrogens (tertiary/aromatic N) is 1. The van der Waals surface area contributed by atoms with Gasteiger partial charge in [-0.05, 0) is 100 Å². The van der Waals surface area contributed by atoms with Crippen molar-refractivity contribution in [3.8, 4) is 5.75 Å². The summed E-state index contributed by atoms with van der Waals surface area (Å²) in [6.07, 6.45) is 3.69. The fourth-order valence-corrected chi connectivity index (χ4v) is 4.79. The SMILES string of the molecule is C=CCc1cc(/C=C2\C(=O)NC(=O)N(c3ccc(Br)c(C)c3)C2=O)cc(Br)c1OCc1ccc(Cl)cc1. The number of halogens is 3. The lowest BCUT2D eigenvalue weighted by Crippen LogP contribution is -2.54. The highest BCUT2D eigenvalue weighted by molar-refractivity contribution is 9.10. The van der Waals surface area contributed by atoms with E-state index in [1.54, 1.807) is 42.5 Å². The first-order valence-corrected chi connectivity index (χ1v) is 13.1. The number of benzene rings is 3. The normalized spacial score (nSPS) is 14.6. The summed E-state index contributed by atoms with van der Waals surface area (Å²) < 4.78 is 7.57. The van der Waals surface area contributed by atoms with Gasteiger partial charge in [0, 0.05) is 9.50 Å². The number of aryl methyl sites for hydroxylation is 1. The molecule has 4 rings (SSSR count). The van der Waals surface area contributed by atoms with Crippen LogP contribution in [0, 0.1) is 6.92 Å². The van der Waals surface area contributed by atoms with Gasteiger partial charge in [0.05, 0.1) is 10.2 Å². The third kappa shape index (κ3) is 6.04. The molecule has 4 amide bonds. The largest absolute Gasteiger partial charge is 0.487 e. The van der Waals surface area contributed by atoms with Crippen LogP contribution in [0.15, 0.2) is 81.8 Å². The molecule has 0 saturated carbocycles. The van der Waals surface area contributed by atoms with Gasteiger partial charge in [-0.15, -0.1) is 6.58 Å². The zero-order valence-electron chi connectivity index (χ0n) is 19.7. The van der Waals surface area contributed by atoms with Crippen LogP contribution < -0.4 is 15.0 Å². The average Bonchev–Trinajstić information content (AvgIpc) is 2.84. The molecule has 0 unspecified atom stereocenters. The van der Waals surface area contributed by atoms with E-state index in [-0.39, 0.29) is 5.57 Å². The van der Waals surface area contributed by atoms with Crippen LogP contribution in [0.2, 0.25) is 5.02 Å². The molecule has 6 nitrogen and oxygen atoms in total. The highest BCUT2D eigenvalue weighted by atomic mass is 79.9. The van der Waals surface area contributed by atoms with Crippen molar-refractivity contribution in [1.82, 2.24) is 5.32 Å². The minimum atomic E-state index is -0.798. The van der Waals surface area contributed by atoms with Crippen molar-refractivity contribution in [2.24, 2.45) is 0 Å². The van der Waals surface area contributed by atoms with Crippen LogP contribution >= 0.6 is 43.5 Å². The number of urea groups is 1. The number of carbonyl (C=O) groups excluding carboxylic acids is 3. The molecular formula is C28H21Br2ClN2O4. The molecule has 1 aliphatic heterocycles. The highest BCUT2D eigenvalue weighted by Crippen LogP contribution is 2.34. The molecule has 0 aliphatic carbocycles. The Labute approximate surface area is 236 Å². The molecule has 3 aromatic rings. The Morgan fingerprint density at radius 2 is 1.76 bits per heavy atom. The topological polar surface area (TPSA) is 75.7 Å². The summed E-state index contributed by atoms with van der Waals surface area (Å²) in [6, 6.07) is 15.2. The molecule has 1 heterocycles. The second-order valence-electron chi connectivity index (χ2n) is 8.29. The van der Waals surface area contributed by atoms with Crippen LogP contribution in [0.4, 0.5) is 10.5 Å². The monoisotopic (exact) mass is 642 g/mol. The van der Waals surface area contributed by atoms with Gasteiger partial charge < -0.3 is 4.74 Å². The molecule has 0 atom stereocenters. The first-order chi connectivity index (χ1) is 17.7. The van der Waals surface area contributed by atoms with Gasteiger partial charge in [0.2, 0.25) is 0 Å². The molecule has 1 aliphatic rings. The summed E-state index contributed by atoms with van der Waals surface area (Å²) in [6.45, 7) is 5.99. The van der Waals surface area contributed by atoms with Crippen molar-refractivity contribution in [1.29, 1.82) is 0 Å². The fourth-order valence-electron chi connectivity index (χ4n) is 3.79. The number of hydrogen-bond acceptors (Lipinski definition) is 4. The van der Waals surface area contributed by atoms with E-state index in [0.717, 1.165) is 26.1 Å². The quantitative estimate of drug-likeness (QED) is 0.169. The number of allylic oxidation sites excluding steroid dienone is 1. The van der Waals surface area contributed by atoms with E-state index in [9.17, 15) is 14.4 Å². The molecule has 0 radical (unpaired) electrons. The number of ether oxygens (including phenoxy) is 1. The number of barbiturate groups is 1. The summed E-state index contributed by atoms with van der Waals surface area (Å²) in [7, 11) is 0. The third-order valence-corrected chi connectivity index (χ3v) is 7.35. The molecule has 188 valence electrons. The summed E-state index contributed by atoms with van der Waals surface area (Å²) in [5, 5.41) is 2.90. The van der Waals surface area contributed by atoms with Crippen LogP contribution in [0.1, 0.15) is 22.3 Å². The maximum atomic E-state index is 13.3. The molecular weight excluding hydrogens is 624 g/mol. The van der Waals surface area contributed by atoms with E-state index in [4.69, 9.17) is 16.3 Å². The first kappa shape index (κ1) is 26.9. The van der Waals surface area contributed by atoms with E-state index >= 15 is 0 Å². The second kappa shape index (κ2) is 11.5. The van der Waals surface area contributed by atoms with E-state index in [0.29, 0.717) is 39.5 Å². The Kier molecular flexibility index (Phi) is 8.32. The Hall–Kier alpha value is -3.20. The van der Waals surface area contributed by atoms with E-state index < -0.39 is 17.8 Å². The molecule has 1 saturated heterocycles. The molecule has 9 heteroatoms. The van der Waals surface area contributed by atoms with E-state index in [1.165, 1.54) is 6.08 Å². The molecule has 0 bridgehead atoms. The van der Waals surface area contributed by atoms with Gasteiger partial charge in [0.25, 0.3) is 11.8 Å². The molecule has 3 aromatic carbocycles. The van der Waals surface area contributed by atoms with Gasteiger partial charge in [-0.25, -0.2) is 9.69 Å². The zero-order valence-corrected chi connectivity index (χ0v) is 23.6. The Bertz CT molecular complexity index is 1450. The van der Waals surface area contributed by atoms with Crippen LogP contribution in [0.3, 0.4) is 0 Å². The summed E-state index contributed by atoms with van der Waals surface area (Å²) in [5.74, 6) is -0.844. The number of hydrogen-bond donors (Lipinski definition) is 1. The summed E-state index contributed by atoms with van der Waals surface area (Å²) in [5.41, 5.74) is 3.39. The predicted molar refractivity (Wildman–Crippen MR) is 152 cm³/mol. The number of rotatable bonds is 7. The summed E-state index contributed by atoms with van der Waals surface area (Å²) >= 11 is 12.9. The minimum absolute atomic E-state index is 0.161. The van der Waals surface area contributed by atoms with Gasteiger partial charge in [0.15, 0.2) is 0 Å². The predicted octanol–water partition coefficient (Wildman–Crippen LogP) is 7.15. The maximum absolute atomic E-state index is 13.3. The number of carbonyl (C=O) groups is 3. The number of nitrogens with one attached hydrogen (secondary N) is 1. The van der Waals surface area contributed by atoms with Crippen LogP contribution in [-0.4, -0.2) is 17.8 Å². The maximum Gasteiger partial charge on any atom is 0.335 e.